The number of aromatic nitrogens is 2. The van der Waals surface area contributed by atoms with Gasteiger partial charge in [-0.3, -0.25) is 0 Å². The minimum absolute atomic E-state index is 0.487. The summed E-state index contributed by atoms with van der Waals surface area (Å²) in [6.07, 6.45) is -3.53. The highest BCUT2D eigenvalue weighted by atomic mass is 32.1. The Morgan fingerprint density at radius 3 is 2.29 bits per heavy atom. The molecule has 6 heteroatoms. The minimum Gasteiger partial charge on any atom is -0.220 e. The Kier molecular flexibility index (Phi) is 3.15. The average Bonchev–Trinajstić information content (AvgIpc) is 2.76. The molecule has 0 atom stereocenters. The maximum absolute atomic E-state index is 12.4. The summed E-state index contributed by atoms with van der Waals surface area (Å²) in [6.45, 7) is 1.96. The van der Waals surface area contributed by atoms with Crippen molar-refractivity contribution in [3.8, 4) is 11.4 Å². The van der Waals surface area contributed by atoms with Crippen LogP contribution in [0.15, 0.2) is 24.3 Å². The molecule has 2 rings (SSSR count). The second-order valence-corrected chi connectivity index (χ2v) is 4.28. The summed E-state index contributed by atoms with van der Waals surface area (Å²) in [5.74, 6) is 0.487. The van der Waals surface area contributed by atoms with Crippen molar-refractivity contribution in [2.75, 3.05) is 0 Å². The smallest absolute Gasteiger partial charge is 0.220 e. The summed E-state index contributed by atoms with van der Waals surface area (Å²) in [5, 5.41) is 0.875. The van der Waals surface area contributed by atoms with Gasteiger partial charge in [-0.15, -0.1) is 0 Å². The van der Waals surface area contributed by atoms with Crippen molar-refractivity contribution in [2.45, 2.75) is 19.5 Å². The Balaban J connectivity index is 2.29. The summed E-state index contributed by atoms with van der Waals surface area (Å²) < 4.78 is 41.2. The van der Waals surface area contributed by atoms with Crippen LogP contribution in [0.3, 0.4) is 0 Å². The van der Waals surface area contributed by atoms with E-state index in [1.54, 1.807) is 0 Å². The quantitative estimate of drug-likeness (QED) is 0.819. The zero-order chi connectivity index (χ0) is 12.5. The van der Waals surface area contributed by atoms with Gasteiger partial charge in [0, 0.05) is 5.56 Å². The zero-order valence-electron chi connectivity index (χ0n) is 8.95. The molecule has 0 unspecified atom stereocenters. The molecule has 1 heterocycles. The third-order valence-electron chi connectivity index (χ3n) is 2.24. The number of aryl methyl sites for hydroxylation is 1. The van der Waals surface area contributed by atoms with Crippen LogP contribution in [0.2, 0.25) is 0 Å². The van der Waals surface area contributed by atoms with E-state index in [4.69, 9.17) is 0 Å². The number of hydrogen-bond donors (Lipinski definition) is 0. The number of nitrogens with zero attached hydrogens (tertiary/aromatic N) is 2. The molecule has 1 aromatic heterocycles. The molecule has 17 heavy (non-hydrogen) atoms. The van der Waals surface area contributed by atoms with Gasteiger partial charge >= 0.3 is 6.18 Å². The molecular formula is C11H9F3N2S. The van der Waals surface area contributed by atoms with Gasteiger partial charge < -0.3 is 0 Å². The fourth-order valence-corrected chi connectivity index (χ4v) is 1.92. The van der Waals surface area contributed by atoms with E-state index < -0.39 is 11.7 Å². The normalized spacial score (nSPS) is 11.8. The number of halogens is 3. The molecule has 0 fully saturated rings. The molecule has 0 bridgehead atoms. The molecule has 1 aromatic carbocycles. The maximum Gasteiger partial charge on any atom is 0.416 e. The molecule has 0 amide bonds. The van der Waals surface area contributed by atoms with Gasteiger partial charge in [-0.25, -0.2) is 4.98 Å². The van der Waals surface area contributed by atoms with Gasteiger partial charge in [-0.1, -0.05) is 19.1 Å². The van der Waals surface area contributed by atoms with Crippen LogP contribution in [0.25, 0.3) is 11.4 Å². The molecule has 2 aromatic rings. The third kappa shape index (κ3) is 2.63. The molecule has 0 radical (unpaired) electrons. The summed E-state index contributed by atoms with van der Waals surface area (Å²) in [6, 6.07) is 4.87. The van der Waals surface area contributed by atoms with E-state index in [2.05, 4.69) is 9.36 Å². The Morgan fingerprint density at radius 2 is 1.82 bits per heavy atom. The van der Waals surface area contributed by atoms with E-state index in [-0.39, 0.29) is 0 Å². The summed E-state index contributed by atoms with van der Waals surface area (Å²) in [5.41, 5.74) is -0.0545. The van der Waals surface area contributed by atoms with Crippen molar-refractivity contribution >= 4 is 11.5 Å². The molecule has 0 aliphatic rings. The first-order chi connectivity index (χ1) is 8.00. The number of alkyl halides is 3. The lowest BCUT2D eigenvalue weighted by Gasteiger charge is -2.06. The monoisotopic (exact) mass is 258 g/mol. The van der Waals surface area contributed by atoms with E-state index in [0.29, 0.717) is 11.4 Å². The van der Waals surface area contributed by atoms with Gasteiger partial charge in [0.2, 0.25) is 0 Å². The first kappa shape index (κ1) is 12.0. The largest absolute Gasteiger partial charge is 0.416 e. The van der Waals surface area contributed by atoms with Gasteiger partial charge in [0.05, 0.1) is 5.56 Å². The second-order valence-electron chi connectivity index (χ2n) is 3.44. The topological polar surface area (TPSA) is 25.8 Å². The van der Waals surface area contributed by atoms with Crippen LogP contribution in [0, 0.1) is 0 Å². The highest BCUT2D eigenvalue weighted by Gasteiger charge is 2.30. The summed E-state index contributed by atoms with van der Waals surface area (Å²) in [4.78, 5) is 4.22. The van der Waals surface area contributed by atoms with Crippen LogP contribution >= 0.6 is 11.5 Å². The predicted molar refractivity (Wildman–Crippen MR) is 59.7 cm³/mol. The van der Waals surface area contributed by atoms with Gasteiger partial charge in [0.15, 0.2) is 5.82 Å². The van der Waals surface area contributed by atoms with E-state index in [1.165, 1.54) is 23.7 Å². The highest BCUT2D eigenvalue weighted by molar-refractivity contribution is 7.05. The van der Waals surface area contributed by atoms with E-state index in [1.807, 2.05) is 6.92 Å². The zero-order valence-corrected chi connectivity index (χ0v) is 9.77. The molecule has 90 valence electrons. The first-order valence-electron chi connectivity index (χ1n) is 5.01. The standard InChI is InChI=1S/C11H9F3N2S/c1-2-9-15-10(16-17-9)7-3-5-8(6-4-7)11(12,13)14/h3-6H,2H2,1H3. The Morgan fingerprint density at radius 1 is 1.18 bits per heavy atom. The van der Waals surface area contributed by atoms with Crippen LogP contribution in [-0.4, -0.2) is 9.36 Å². The Labute approximate surface area is 100 Å². The lowest BCUT2D eigenvalue weighted by molar-refractivity contribution is -0.137. The van der Waals surface area contributed by atoms with Gasteiger partial charge in [0.1, 0.15) is 5.01 Å². The molecule has 0 spiro atoms. The van der Waals surface area contributed by atoms with Gasteiger partial charge in [-0.2, -0.15) is 17.5 Å². The molecule has 2 nitrogen and oxygen atoms in total. The van der Waals surface area contributed by atoms with Crippen LogP contribution < -0.4 is 0 Å². The van der Waals surface area contributed by atoms with Crippen molar-refractivity contribution < 1.29 is 13.2 Å². The van der Waals surface area contributed by atoms with Crippen molar-refractivity contribution in [2.24, 2.45) is 0 Å². The Hall–Kier alpha value is -1.43. The highest BCUT2D eigenvalue weighted by Crippen LogP contribution is 2.30. The van der Waals surface area contributed by atoms with Crippen molar-refractivity contribution in [1.82, 2.24) is 9.36 Å². The predicted octanol–water partition coefficient (Wildman–Crippen LogP) is 3.79. The second kappa shape index (κ2) is 4.44. The van der Waals surface area contributed by atoms with Crippen LogP contribution in [0.5, 0.6) is 0 Å². The lowest BCUT2D eigenvalue weighted by atomic mass is 10.1. The van der Waals surface area contributed by atoms with Crippen LogP contribution in [0.1, 0.15) is 17.5 Å². The molecule has 0 saturated heterocycles. The fourth-order valence-electron chi connectivity index (χ4n) is 1.32. The molecule has 0 N–H and O–H groups in total. The number of hydrogen-bond acceptors (Lipinski definition) is 3. The third-order valence-corrected chi connectivity index (χ3v) is 3.10. The minimum atomic E-state index is -4.30. The van der Waals surface area contributed by atoms with E-state index in [0.717, 1.165) is 23.6 Å². The number of rotatable bonds is 2. The SMILES string of the molecule is CCc1nc(-c2ccc(C(F)(F)F)cc2)ns1. The molecule has 0 aliphatic heterocycles. The molecule has 0 aliphatic carbocycles. The number of benzene rings is 1. The van der Waals surface area contributed by atoms with Crippen LogP contribution in [0.4, 0.5) is 13.2 Å². The summed E-state index contributed by atoms with van der Waals surface area (Å²) in [7, 11) is 0. The van der Waals surface area contributed by atoms with Gasteiger partial charge in [-0.05, 0) is 30.1 Å². The molecular weight excluding hydrogens is 249 g/mol. The Bertz CT molecular complexity index is 502. The fraction of sp³-hybridized carbons (Fsp3) is 0.273. The van der Waals surface area contributed by atoms with Gasteiger partial charge in [0.25, 0.3) is 0 Å². The maximum atomic E-state index is 12.4. The van der Waals surface area contributed by atoms with Crippen molar-refractivity contribution in [1.29, 1.82) is 0 Å². The lowest BCUT2D eigenvalue weighted by Crippen LogP contribution is -2.04. The summed E-state index contributed by atoms with van der Waals surface area (Å²) >= 11 is 1.27. The van der Waals surface area contributed by atoms with Crippen molar-refractivity contribution in [3.05, 3.63) is 34.8 Å². The van der Waals surface area contributed by atoms with Crippen molar-refractivity contribution in [3.63, 3.8) is 0 Å². The first-order valence-corrected chi connectivity index (χ1v) is 5.78. The average molecular weight is 258 g/mol. The van der Waals surface area contributed by atoms with E-state index in [9.17, 15) is 13.2 Å². The molecule has 0 saturated carbocycles. The van der Waals surface area contributed by atoms with E-state index >= 15 is 0 Å². The van der Waals surface area contributed by atoms with Crippen LogP contribution in [-0.2, 0) is 12.6 Å².